The molecule has 0 spiro atoms. The first kappa shape index (κ1) is 23.4. The Hall–Kier alpha value is -2.31. The summed E-state index contributed by atoms with van der Waals surface area (Å²) < 4.78 is 6.22. The number of aliphatic hydroxyl groups excluding tert-OH is 2. The van der Waals surface area contributed by atoms with Crippen molar-refractivity contribution in [1.29, 1.82) is 0 Å². The summed E-state index contributed by atoms with van der Waals surface area (Å²) in [5, 5.41) is 41.3. The molecule has 1 aliphatic heterocycles. The number of ether oxygens (including phenoxy) is 1. The highest BCUT2D eigenvalue weighted by atomic mass is 16.5. The van der Waals surface area contributed by atoms with E-state index in [2.05, 4.69) is 12.7 Å². The van der Waals surface area contributed by atoms with Crippen molar-refractivity contribution in [3.63, 3.8) is 0 Å². The average Bonchev–Trinajstić information content (AvgIpc) is 2.66. The predicted octanol–water partition coefficient (Wildman–Crippen LogP) is 4.04. The quantitative estimate of drug-likeness (QED) is 0.507. The maximum Gasteiger partial charge on any atom is 0.174 e. The van der Waals surface area contributed by atoms with Crippen LogP contribution >= 0.6 is 0 Å². The van der Waals surface area contributed by atoms with Crippen molar-refractivity contribution < 1.29 is 30.0 Å². The summed E-state index contributed by atoms with van der Waals surface area (Å²) in [7, 11) is 0. The van der Waals surface area contributed by atoms with Crippen LogP contribution in [0, 0.1) is 11.8 Å². The molecule has 1 aromatic carbocycles. The van der Waals surface area contributed by atoms with Gasteiger partial charge in [0.15, 0.2) is 5.78 Å². The third-order valence-corrected chi connectivity index (χ3v) is 6.55. The largest absolute Gasteiger partial charge is 0.507 e. The molecule has 170 valence electrons. The molecule has 31 heavy (non-hydrogen) atoms. The van der Waals surface area contributed by atoms with Crippen molar-refractivity contribution in [3.05, 3.63) is 41.0 Å². The SMILES string of the molecule is C=C(C)C(CC=C(C)C)Cc1c(O)cc(O)c2c1O[C@H](C1CCC(O)CC1O)CC2=O. The number of phenols is 2. The van der Waals surface area contributed by atoms with Crippen LogP contribution in [-0.4, -0.2) is 44.5 Å². The van der Waals surface area contributed by atoms with Gasteiger partial charge < -0.3 is 25.2 Å². The lowest BCUT2D eigenvalue weighted by Gasteiger charge is -2.38. The van der Waals surface area contributed by atoms with Gasteiger partial charge in [-0.25, -0.2) is 0 Å². The van der Waals surface area contributed by atoms with E-state index in [1.54, 1.807) is 0 Å². The molecular weight excluding hydrogens is 396 g/mol. The lowest BCUT2D eigenvalue weighted by molar-refractivity contribution is -0.0434. The lowest BCUT2D eigenvalue weighted by atomic mass is 9.78. The monoisotopic (exact) mass is 430 g/mol. The zero-order valence-electron chi connectivity index (χ0n) is 18.6. The molecule has 4 N–H and O–H groups in total. The first-order valence-corrected chi connectivity index (χ1v) is 11.0. The normalized spacial score (nSPS) is 26.5. The van der Waals surface area contributed by atoms with E-state index in [1.807, 2.05) is 20.8 Å². The summed E-state index contributed by atoms with van der Waals surface area (Å²) >= 11 is 0. The number of hydrogen-bond donors (Lipinski definition) is 4. The van der Waals surface area contributed by atoms with Crippen molar-refractivity contribution >= 4 is 5.78 Å². The Morgan fingerprint density at radius 3 is 2.55 bits per heavy atom. The Kier molecular flexibility index (Phi) is 7.12. The Bertz CT molecular complexity index is 882. The van der Waals surface area contributed by atoms with E-state index < -0.39 is 18.3 Å². The fourth-order valence-electron chi connectivity index (χ4n) is 4.65. The standard InChI is InChI=1S/C25H34O6/c1-13(2)5-6-15(14(3)4)9-18-20(28)11-21(29)24-22(30)12-23(31-25(18)24)17-8-7-16(26)10-19(17)27/h5,11,15-17,19,23,26-29H,3,6-10,12H2,1-2,4H3/t15?,16?,17?,19?,23-/m0/s1. The topological polar surface area (TPSA) is 107 Å². The van der Waals surface area contributed by atoms with Crippen molar-refractivity contribution in [3.8, 4) is 17.2 Å². The minimum atomic E-state index is -0.765. The first-order valence-electron chi connectivity index (χ1n) is 11.0. The molecule has 0 amide bonds. The average molecular weight is 431 g/mol. The number of ketones is 1. The molecule has 2 aliphatic rings. The third-order valence-electron chi connectivity index (χ3n) is 6.55. The van der Waals surface area contributed by atoms with Gasteiger partial charge in [-0.2, -0.15) is 0 Å². The van der Waals surface area contributed by atoms with Crippen LogP contribution in [-0.2, 0) is 6.42 Å². The number of fused-ring (bicyclic) bond motifs is 1. The Balaban J connectivity index is 1.96. The second kappa shape index (κ2) is 9.45. The van der Waals surface area contributed by atoms with Crippen molar-refractivity contribution in [2.45, 2.75) is 77.6 Å². The van der Waals surface area contributed by atoms with E-state index in [4.69, 9.17) is 4.74 Å². The van der Waals surface area contributed by atoms with E-state index in [9.17, 15) is 25.2 Å². The van der Waals surface area contributed by atoms with Crippen LogP contribution in [0.1, 0.15) is 68.8 Å². The second-order valence-electron chi connectivity index (χ2n) is 9.34. The van der Waals surface area contributed by atoms with E-state index in [0.29, 0.717) is 24.8 Å². The van der Waals surface area contributed by atoms with Gasteiger partial charge in [-0.3, -0.25) is 4.79 Å². The molecule has 0 aromatic heterocycles. The fourth-order valence-corrected chi connectivity index (χ4v) is 4.65. The van der Waals surface area contributed by atoms with Crippen LogP contribution in [0.3, 0.4) is 0 Å². The minimum absolute atomic E-state index is 0.0314. The van der Waals surface area contributed by atoms with Gasteiger partial charge in [0, 0.05) is 24.0 Å². The number of carbonyl (C=O) groups is 1. The summed E-state index contributed by atoms with van der Waals surface area (Å²) in [6.45, 7) is 10.1. The van der Waals surface area contributed by atoms with Gasteiger partial charge in [0.25, 0.3) is 0 Å². The van der Waals surface area contributed by atoms with Crippen LogP contribution < -0.4 is 4.74 Å². The van der Waals surface area contributed by atoms with Gasteiger partial charge in [-0.1, -0.05) is 23.8 Å². The van der Waals surface area contributed by atoms with E-state index in [-0.39, 0.29) is 53.3 Å². The first-order chi connectivity index (χ1) is 14.6. The molecule has 6 nitrogen and oxygen atoms in total. The molecule has 0 radical (unpaired) electrons. The Morgan fingerprint density at radius 2 is 1.94 bits per heavy atom. The van der Waals surface area contributed by atoms with Crippen LogP contribution in [0.2, 0.25) is 0 Å². The van der Waals surface area contributed by atoms with Crippen LogP contribution in [0.15, 0.2) is 29.9 Å². The number of Topliss-reactive ketones (excluding diaryl/α,β-unsaturated/α-hetero) is 1. The van der Waals surface area contributed by atoms with Gasteiger partial charge in [0.2, 0.25) is 0 Å². The smallest absolute Gasteiger partial charge is 0.174 e. The summed E-state index contributed by atoms with van der Waals surface area (Å²) in [5.41, 5.74) is 2.71. The van der Waals surface area contributed by atoms with E-state index >= 15 is 0 Å². The molecule has 1 saturated carbocycles. The number of aromatic hydroxyl groups is 2. The lowest BCUT2D eigenvalue weighted by Crippen LogP contribution is -2.44. The molecule has 1 aliphatic carbocycles. The molecule has 3 rings (SSSR count). The maximum atomic E-state index is 12.9. The van der Waals surface area contributed by atoms with E-state index in [1.165, 1.54) is 11.6 Å². The molecule has 4 unspecified atom stereocenters. The predicted molar refractivity (Wildman–Crippen MR) is 119 cm³/mol. The number of aliphatic hydroxyl groups is 2. The van der Waals surface area contributed by atoms with Crippen molar-refractivity contribution in [1.82, 2.24) is 0 Å². The number of carbonyl (C=O) groups excluding carboxylic acids is 1. The number of allylic oxidation sites excluding steroid dienone is 3. The molecule has 1 aromatic rings. The zero-order chi connectivity index (χ0) is 22.9. The summed E-state index contributed by atoms with van der Waals surface area (Å²) in [5.74, 6) is -0.729. The van der Waals surface area contributed by atoms with Gasteiger partial charge >= 0.3 is 0 Å². The van der Waals surface area contributed by atoms with Crippen molar-refractivity contribution in [2.24, 2.45) is 11.8 Å². The molecule has 1 heterocycles. The van der Waals surface area contributed by atoms with Crippen molar-refractivity contribution in [2.75, 3.05) is 0 Å². The number of phenolic OH excluding ortho intramolecular Hbond substituents is 2. The highest BCUT2D eigenvalue weighted by Crippen LogP contribution is 2.46. The highest BCUT2D eigenvalue weighted by Gasteiger charge is 2.41. The molecule has 0 bridgehead atoms. The summed E-state index contributed by atoms with van der Waals surface area (Å²) in [6.07, 6.45) is 2.78. The zero-order valence-corrected chi connectivity index (χ0v) is 18.6. The summed E-state index contributed by atoms with van der Waals surface area (Å²) in [6, 6.07) is 1.21. The van der Waals surface area contributed by atoms with E-state index in [0.717, 1.165) is 12.0 Å². The van der Waals surface area contributed by atoms with Crippen LogP contribution in [0.4, 0.5) is 0 Å². The van der Waals surface area contributed by atoms with Gasteiger partial charge in [0.1, 0.15) is 28.9 Å². The summed E-state index contributed by atoms with van der Waals surface area (Å²) in [4.78, 5) is 12.9. The van der Waals surface area contributed by atoms with Crippen LogP contribution in [0.25, 0.3) is 0 Å². The minimum Gasteiger partial charge on any atom is -0.507 e. The van der Waals surface area contributed by atoms with Gasteiger partial charge in [-0.05, 0) is 58.8 Å². The third kappa shape index (κ3) is 5.13. The highest BCUT2D eigenvalue weighted by molar-refractivity contribution is 6.03. The van der Waals surface area contributed by atoms with Crippen LogP contribution in [0.5, 0.6) is 17.2 Å². The number of hydrogen-bond acceptors (Lipinski definition) is 6. The Labute approximate surface area is 183 Å². The number of benzene rings is 1. The molecule has 1 fully saturated rings. The molecule has 0 saturated heterocycles. The maximum absolute atomic E-state index is 12.9. The number of rotatable bonds is 6. The van der Waals surface area contributed by atoms with Gasteiger partial charge in [-0.15, -0.1) is 0 Å². The molecular formula is C25H34O6. The second-order valence-corrected chi connectivity index (χ2v) is 9.34. The van der Waals surface area contributed by atoms with Gasteiger partial charge in [0.05, 0.1) is 12.2 Å². The molecule has 6 heteroatoms. The Morgan fingerprint density at radius 1 is 1.23 bits per heavy atom. The fraction of sp³-hybridized carbons (Fsp3) is 0.560. The molecule has 5 atom stereocenters.